The predicted molar refractivity (Wildman–Crippen MR) is 67.8 cm³/mol. The normalized spacial score (nSPS) is 19.1. The van der Waals surface area contributed by atoms with Crippen molar-refractivity contribution < 1.29 is 4.79 Å². The summed E-state index contributed by atoms with van der Waals surface area (Å²) in [5, 5.41) is 6.11. The molecule has 0 spiro atoms. The van der Waals surface area contributed by atoms with Gasteiger partial charge in [-0.1, -0.05) is 12.1 Å². The molecule has 2 aromatic rings. The fourth-order valence-electron chi connectivity index (χ4n) is 2.08. The zero-order valence-corrected chi connectivity index (χ0v) is 9.89. The van der Waals surface area contributed by atoms with Gasteiger partial charge in [0.25, 0.3) is 0 Å². The highest BCUT2D eigenvalue weighted by atomic mass is 16.1. The lowest BCUT2D eigenvalue weighted by molar-refractivity contribution is -0.119. The van der Waals surface area contributed by atoms with Gasteiger partial charge in [0.15, 0.2) is 0 Å². The summed E-state index contributed by atoms with van der Waals surface area (Å²) in [5.74, 6) is 0.108. The van der Waals surface area contributed by atoms with Gasteiger partial charge >= 0.3 is 0 Å². The van der Waals surface area contributed by atoms with E-state index in [0.717, 1.165) is 16.7 Å². The summed E-state index contributed by atoms with van der Waals surface area (Å²) in [5.41, 5.74) is 2.70. The molecular weight excluding hydrogens is 228 g/mol. The Morgan fingerprint density at radius 2 is 2.17 bits per heavy atom. The monoisotopic (exact) mass is 242 g/mol. The summed E-state index contributed by atoms with van der Waals surface area (Å²) in [6.07, 6.45) is 2.32. The van der Waals surface area contributed by atoms with Gasteiger partial charge in [-0.2, -0.15) is 0 Å². The molecule has 0 radical (unpaired) electrons. The molecule has 1 saturated heterocycles. The Morgan fingerprint density at radius 3 is 2.94 bits per heavy atom. The number of aromatic nitrogens is 2. The Hall–Kier alpha value is -2.01. The van der Waals surface area contributed by atoms with Crippen molar-refractivity contribution in [2.45, 2.75) is 19.0 Å². The van der Waals surface area contributed by atoms with Crippen LogP contribution in [0.5, 0.6) is 0 Å². The second kappa shape index (κ2) is 4.70. The number of benzene rings is 1. The van der Waals surface area contributed by atoms with E-state index < -0.39 is 0 Å². The highest BCUT2D eigenvalue weighted by molar-refractivity contribution is 5.78. The molecule has 5 nitrogen and oxygen atoms in total. The van der Waals surface area contributed by atoms with Gasteiger partial charge < -0.3 is 10.6 Å². The summed E-state index contributed by atoms with van der Waals surface area (Å²) in [6, 6.07) is 8.00. The van der Waals surface area contributed by atoms with Gasteiger partial charge in [-0.3, -0.25) is 9.78 Å². The molecule has 3 rings (SSSR count). The molecule has 1 fully saturated rings. The Morgan fingerprint density at radius 1 is 1.33 bits per heavy atom. The van der Waals surface area contributed by atoms with Crippen molar-refractivity contribution in [2.75, 3.05) is 6.54 Å². The number of amides is 1. The fraction of sp³-hybridized carbons (Fsp3) is 0.308. The quantitative estimate of drug-likeness (QED) is 0.827. The first kappa shape index (κ1) is 11.1. The first-order valence-electron chi connectivity index (χ1n) is 6.02. The topological polar surface area (TPSA) is 66.9 Å². The largest absolute Gasteiger partial charge is 0.354 e. The van der Waals surface area contributed by atoms with E-state index in [4.69, 9.17) is 0 Å². The van der Waals surface area contributed by atoms with Crippen molar-refractivity contribution in [3.8, 4) is 0 Å². The highest BCUT2D eigenvalue weighted by Gasteiger charge is 2.20. The van der Waals surface area contributed by atoms with Crippen LogP contribution in [0.15, 0.2) is 30.5 Å². The van der Waals surface area contributed by atoms with Gasteiger partial charge in [0.1, 0.15) is 0 Å². The predicted octanol–water partition coefficient (Wildman–Crippen LogP) is 0.608. The van der Waals surface area contributed by atoms with Gasteiger partial charge in [-0.25, -0.2) is 4.98 Å². The van der Waals surface area contributed by atoms with Crippen molar-refractivity contribution in [1.29, 1.82) is 0 Å². The molecule has 18 heavy (non-hydrogen) atoms. The standard InChI is InChI=1S/C13H14N4O/c18-13-5-9(6-16-13)14-7-10-8-15-11-3-1-2-4-12(11)17-10/h1-4,8-9,14H,5-7H2,(H,16,18). The molecule has 1 aliphatic heterocycles. The minimum atomic E-state index is 0.108. The van der Waals surface area contributed by atoms with Crippen LogP contribution in [-0.2, 0) is 11.3 Å². The summed E-state index contributed by atoms with van der Waals surface area (Å²) >= 11 is 0. The highest BCUT2D eigenvalue weighted by Crippen LogP contribution is 2.08. The Balaban J connectivity index is 1.69. The van der Waals surface area contributed by atoms with Gasteiger partial charge in [0.05, 0.1) is 22.9 Å². The van der Waals surface area contributed by atoms with E-state index in [9.17, 15) is 4.79 Å². The summed E-state index contributed by atoms with van der Waals surface area (Å²) in [4.78, 5) is 19.9. The van der Waals surface area contributed by atoms with Crippen LogP contribution in [-0.4, -0.2) is 28.5 Å². The first-order chi connectivity index (χ1) is 8.81. The Labute approximate surface area is 105 Å². The number of fused-ring (bicyclic) bond motifs is 1. The average molecular weight is 242 g/mol. The third kappa shape index (κ3) is 2.31. The van der Waals surface area contributed by atoms with E-state index >= 15 is 0 Å². The number of nitrogens with one attached hydrogen (secondary N) is 2. The maximum atomic E-state index is 11.1. The van der Waals surface area contributed by atoms with Crippen LogP contribution >= 0.6 is 0 Å². The minimum absolute atomic E-state index is 0.108. The molecule has 1 aromatic carbocycles. The van der Waals surface area contributed by atoms with Crippen molar-refractivity contribution >= 4 is 16.9 Å². The van der Waals surface area contributed by atoms with Gasteiger partial charge in [0.2, 0.25) is 5.91 Å². The fourth-order valence-corrected chi connectivity index (χ4v) is 2.08. The lowest BCUT2D eigenvalue weighted by Gasteiger charge is -2.09. The SMILES string of the molecule is O=C1CC(NCc2cnc3ccccc3n2)CN1. The van der Waals surface area contributed by atoms with Crippen LogP contribution in [0, 0.1) is 0 Å². The van der Waals surface area contributed by atoms with Crippen molar-refractivity contribution in [3.05, 3.63) is 36.2 Å². The average Bonchev–Trinajstić information content (AvgIpc) is 2.82. The number of hydrogen-bond donors (Lipinski definition) is 2. The molecule has 1 aromatic heterocycles. The molecule has 1 unspecified atom stereocenters. The van der Waals surface area contributed by atoms with Crippen molar-refractivity contribution in [2.24, 2.45) is 0 Å². The van der Waals surface area contributed by atoms with Crippen molar-refractivity contribution in [1.82, 2.24) is 20.6 Å². The molecule has 92 valence electrons. The van der Waals surface area contributed by atoms with Crippen LogP contribution in [0.3, 0.4) is 0 Å². The van der Waals surface area contributed by atoms with Gasteiger partial charge in [-0.15, -0.1) is 0 Å². The van der Waals surface area contributed by atoms with Crippen LogP contribution in [0.25, 0.3) is 11.0 Å². The molecular formula is C13H14N4O. The molecule has 2 N–H and O–H groups in total. The van der Waals surface area contributed by atoms with Crippen LogP contribution < -0.4 is 10.6 Å². The number of nitrogens with zero attached hydrogens (tertiary/aromatic N) is 2. The maximum Gasteiger partial charge on any atom is 0.221 e. The summed E-state index contributed by atoms with van der Waals surface area (Å²) in [6.45, 7) is 1.33. The molecule has 1 atom stereocenters. The van der Waals surface area contributed by atoms with Gasteiger partial charge in [-0.05, 0) is 12.1 Å². The lowest BCUT2D eigenvalue weighted by atomic mass is 10.2. The zero-order valence-electron chi connectivity index (χ0n) is 9.89. The van der Waals surface area contributed by atoms with E-state index in [0.29, 0.717) is 19.5 Å². The molecule has 0 aliphatic carbocycles. The second-order valence-corrected chi connectivity index (χ2v) is 4.44. The Kier molecular flexibility index (Phi) is 2.90. The molecule has 1 aliphatic rings. The lowest BCUT2D eigenvalue weighted by Crippen LogP contribution is -2.30. The second-order valence-electron chi connectivity index (χ2n) is 4.44. The number of hydrogen-bond acceptors (Lipinski definition) is 4. The molecule has 0 saturated carbocycles. The maximum absolute atomic E-state index is 11.1. The smallest absolute Gasteiger partial charge is 0.221 e. The first-order valence-corrected chi connectivity index (χ1v) is 6.02. The van der Waals surface area contributed by atoms with E-state index in [1.54, 1.807) is 6.20 Å². The van der Waals surface area contributed by atoms with Crippen LogP contribution in [0.1, 0.15) is 12.1 Å². The molecule has 1 amide bonds. The number of carbonyl (C=O) groups is 1. The van der Waals surface area contributed by atoms with E-state index in [-0.39, 0.29) is 11.9 Å². The summed E-state index contributed by atoms with van der Waals surface area (Å²) < 4.78 is 0. The molecule has 5 heteroatoms. The summed E-state index contributed by atoms with van der Waals surface area (Å²) in [7, 11) is 0. The zero-order chi connectivity index (χ0) is 12.4. The van der Waals surface area contributed by atoms with E-state index in [1.807, 2.05) is 24.3 Å². The van der Waals surface area contributed by atoms with E-state index in [2.05, 4.69) is 20.6 Å². The molecule has 0 bridgehead atoms. The number of carbonyl (C=O) groups excluding carboxylic acids is 1. The number of rotatable bonds is 3. The van der Waals surface area contributed by atoms with Gasteiger partial charge in [0, 0.05) is 25.6 Å². The third-order valence-electron chi connectivity index (χ3n) is 3.05. The minimum Gasteiger partial charge on any atom is -0.354 e. The third-order valence-corrected chi connectivity index (χ3v) is 3.05. The number of para-hydroxylation sites is 2. The van der Waals surface area contributed by atoms with E-state index in [1.165, 1.54) is 0 Å². The van der Waals surface area contributed by atoms with Crippen LogP contribution in [0.2, 0.25) is 0 Å². The molecule has 2 heterocycles. The van der Waals surface area contributed by atoms with Crippen LogP contribution in [0.4, 0.5) is 0 Å². The van der Waals surface area contributed by atoms with Crippen molar-refractivity contribution in [3.63, 3.8) is 0 Å². The Bertz CT molecular complexity index is 584.